The van der Waals surface area contributed by atoms with Crippen LogP contribution in [0.3, 0.4) is 0 Å². The highest BCUT2D eigenvalue weighted by molar-refractivity contribution is 7.10. The molecule has 1 aromatic heterocycles. The van der Waals surface area contributed by atoms with Crippen molar-refractivity contribution in [2.45, 2.75) is 37.7 Å². The second-order valence-corrected chi connectivity index (χ2v) is 8.46. The van der Waals surface area contributed by atoms with Gasteiger partial charge in [-0.2, -0.15) is 0 Å². The zero-order valence-electron chi connectivity index (χ0n) is 14.2. The molecule has 0 aromatic carbocycles. The van der Waals surface area contributed by atoms with E-state index >= 15 is 0 Å². The van der Waals surface area contributed by atoms with Gasteiger partial charge < -0.3 is 15.4 Å². The maximum absolute atomic E-state index is 11.5. The zero-order chi connectivity index (χ0) is 16.0. The minimum absolute atomic E-state index is 0. The van der Waals surface area contributed by atoms with Crippen molar-refractivity contribution in [1.82, 2.24) is 4.90 Å². The molecule has 1 unspecified atom stereocenters. The topological polar surface area (TPSA) is 55.6 Å². The van der Waals surface area contributed by atoms with Crippen LogP contribution < -0.4 is 5.73 Å². The average Bonchev–Trinajstić information content (AvgIpc) is 3.18. The molecule has 0 radical (unpaired) electrons. The van der Waals surface area contributed by atoms with Crippen LogP contribution in [-0.2, 0) is 10.3 Å². The number of likely N-dealkylation sites (tertiary alicyclic amines) is 1. The van der Waals surface area contributed by atoms with Crippen molar-refractivity contribution in [3.05, 3.63) is 21.9 Å². The third-order valence-corrected chi connectivity index (χ3v) is 7.16. The molecule has 1 aliphatic heterocycles. The van der Waals surface area contributed by atoms with E-state index < -0.39 is 0 Å². The number of primary amides is 1. The van der Waals surface area contributed by atoms with Crippen molar-refractivity contribution in [3.63, 3.8) is 0 Å². The molecule has 24 heavy (non-hydrogen) atoms. The first-order valence-electron chi connectivity index (χ1n) is 8.79. The van der Waals surface area contributed by atoms with Gasteiger partial charge in [-0.15, -0.1) is 23.7 Å². The first-order chi connectivity index (χ1) is 11.1. The molecule has 4 nitrogen and oxygen atoms in total. The number of hydrogen-bond donors (Lipinski definition) is 1. The number of amides is 1. The highest BCUT2D eigenvalue weighted by Crippen LogP contribution is 2.53. The molecule has 2 bridgehead atoms. The Morgan fingerprint density at radius 3 is 2.50 bits per heavy atom. The molecule has 3 aliphatic rings. The SMILES string of the molecule is COC1(c2cc(C(N)=O)cs2)[C@@H]2CCC[C@H]1CN(CC1CC1)C2.Cl. The molecule has 6 heteroatoms. The Labute approximate surface area is 154 Å². The number of piperidine rings is 1. The number of fused-ring (bicyclic) bond motifs is 2. The molecule has 2 saturated carbocycles. The lowest BCUT2D eigenvalue weighted by Gasteiger charge is -2.55. The van der Waals surface area contributed by atoms with Crippen molar-refractivity contribution in [1.29, 1.82) is 0 Å². The van der Waals surface area contributed by atoms with Gasteiger partial charge in [0.15, 0.2) is 0 Å². The largest absolute Gasteiger partial charge is 0.372 e. The van der Waals surface area contributed by atoms with Crippen molar-refractivity contribution in [2.75, 3.05) is 26.7 Å². The molecule has 3 atom stereocenters. The first-order valence-corrected chi connectivity index (χ1v) is 9.67. The summed E-state index contributed by atoms with van der Waals surface area (Å²) in [6.07, 6.45) is 6.55. The third-order valence-electron chi connectivity index (χ3n) is 6.10. The van der Waals surface area contributed by atoms with Gasteiger partial charge in [-0.1, -0.05) is 6.42 Å². The van der Waals surface area contributed by atoms with E-state index in [4.69, 9.17) is 10.5 Å². The number of rotatable bonds is 5. The minimum atomic E-state index is -0.338. The van der Waals surface area contributed by atoms with Crippen LogP contribution in [0.25, 0.3) is 0 Å². The number of thiophene rings is 1. The number of carbonyl (C=O) groups excluding carboxylic acids is 1. The van der Waals surface area contributed by atoms with Gasteiger partial charge in [0.05, 0.1) is 5.56 Å². The summed E-state index contributed by atoms with van der Waals surface area (Å²) >= 11 is 1.65. The van der Waals surface area contributed by atoms with Crippen molar-refractivity contribution in [2.24, 2.45) is 23.5 Å². The smallest absolute Gasteiger partial charge is 0.249 e. The van der Waals surface area contributed by atoms with Crippen molar-refractivity contribution >= 4 is 29.7 Å². The molecule has 134 valence electrons. The molecular formula is C18H27ClN2O2S. The zero-order valence-corrected chi connectivity index (χ0v) is 15.8. The van der Waals surface area contributed by atoms with E-state index in [-0.39, 0.29) is 23.9 Å². The van der Waals surface area contributed by atoms with E-state index in [1.165, 1.54) is 43.5 Å². The van der Waals surface area contributed by atoms with Gasteiger partial charge in [0.25, 0.3) is 0 Å². The van der Waals surface area contributed by atoms with Crippen molar-refractivity contribution in [3.8, 4) is 0 Å². The molecule has 2 aliphatic carbocycles. The van der Waals surface area contributed by atoms with E-state index in [9.17, 15) is 4.79 Å². The Kier molecular flexibility index (Phi) is 5.26. The molecule has 0 spiro atoms. The van der Waals surface area contributed by atoms with Gasteiger partial charge in [-0.3, -0.25) is 4.79 Å². The summed E-state index contributed by atoms with van der Waals surface area (Å²) in [4.78, 5) is 15.4. The lowest BCUT2D eigenvalue weighted by Crippen LogP contribution is -2.59. The summed E-state index contributed by atoms with van der Waals surface area (Å²) in [6.45, 7) is 3.53. The Bertz CT molecular complexity index is 588. The predicted octanol–water partition coefficient (Wildman–Crippen LogP) is 3.25. The normalized spacial score (nSPS) is 33.0. The Balaban J connectivity index is 0.00000169. The quantitative estimate of drug-likeness (QED) is 0.865. The summed E-state index contributed by atoms with van der Waals surface area (Å²) in [6, 6.07) is 1.98. The van der Waals surface area contributed by atoms with Gasteiger partial charge in [0, 0.05) is 48.8 Å². The summed E-state index contributed by atoms with van der Waals surface area (Å²) in [5, 5.41) is 1.89. The van der Waals surface area contributed by atoms with Gasteiger partial charge >= 0.3 is 0 Å². The van der Waals surface area contributed by atoms with E-state index in [0.717, 1.165) is 19.0 Å². The summed E-state index contributed by atoms with van der Waals surface area (Å²) in [5.41, 5.74) is 5.87. The number of carbonyl (C=O) groups is 1. The predicted molar refractivity (Wildman–Crippen MR) is 98.8 cm³/mol. The molecular weight excluding hydrogens is 344 g/mol. The number of methoxy groups -OCH3 is 1. The van der Waals surface area contributed by atoms with E-state index in [1.54, 1.807) is 11.3 Å². The van der Waals surface area contributed by atoms with Crippen LogP contribution in [0.2, 0.25) is 0 Å². The second kappa shape index (κ2) is 6.94. The fraction of sp³-hybridized carbons (Fsp3) is 0.722. The lowest BCUT2D eigenvalue weighted by atomic mass is 9.64. The monoisotopic (exact) mass is 370 g/mol. The molecule has 1 amide bonds. The average molecular weight is 371 g/mol. The number of nitrogens with two attached hydrogens (primary N) is 1. The van der Waals surface area contributed by atoms with E-state index in [1.807, 2.05) is 18.6 Å². The number of halogens is 1. The Hall–Kier alpha value is -0.620. The molecule has 1 aromatic rings. The lowest BCUT2D eigenvalue weighted by molar-refractivity contribution is -0.167. The van der Waals surface area contributed by atoms with Crippen molar-refractivity contribution < 1.29 is 9.53 Å². The maximum Gasteiger partial charge on any atom is 0.249 e. The highest BCUT2D eigenvalue weighted by atomic mass is 35.5. The fourth-order valence-corrected chi connectivity index (χ4v) is 6.08. The molecule has 2 heterocycles. The standard InChI is InChI=1S/C18H26N2O2S.ClH/c1-22-18(16-7-13(11-23-16)17(19)21)14-3-2-4-15(18)10-20(9-14)8-12-5-6-12;/h7,11-12,14-15H,2-6,8-10H2,1H3,(H2,19,21);1H/t14-,15+,18?;. The van der Waals surface area contributed by atoms with Crippen LogP contribution in [0.4, 0.5) is 0 Å². The molecule has 2 N–H and O–H groups in total. The number of ether oxygens (including phenoxy) is 1. The van der Waals surface area contributed by atoms with Gasteiger partial charge in [-0.25, -0.2) is 0 Å². The van der Waals surface area contributed by atoms with Crippen LogP contribution in [0.5, 0.6) is 0 Å². The van der Waals surface area contributed by atoms with E-state index in [0.29, 0.717) is 17.4 Å². The third kappa shape index (κ3) is 3.00. The Morgan fingerprint density at radius 2 is 2.00 bits per heavy atom. The molecule has 1 saturated heterocycles. The van der Waals surface area contributed by atoms with Crippen LogP contribution in [0.15, 0.2) is 11.4 Å². The van der Waals surface area contributed by atoms with Crippen LogP contribution in [0, 0.1) is 17.8 Å². The number of hydrogen-bond acceptors (Lipinski definition) is 4. The summed E-state index contributed by atoms with van der Waals surface area (Å²) < 4.78 is 6.23. The fourth-order valence-electron chi connectivity index (χ4n) is 4.85. The molecule has 3 fully saturated rings. The Morgan fingerprint density at radius 1 is 1.33 bits per heavy atom. The summed E-state index contributed by atoms with van der Waals surface area (Å²) in [7, 11) is 1.85. The number of nitrogens with zero attached hydrogens (tertiary/aromatic N) is 1. The van der Waals surface area contributed by atoms with Gasteiger partial charge in [0.2, 0.25) is 5.91 Å². The van der Waals surface area contributed by atoms with Gasteiger partial charge in [-0.05, 0) is 37.7 Å². The molecule has 4 rings (SSSR count). The van der Waals surface area contributed by atoms with E-state index in [2.05, 4.69) is 4.90 Å². The van der Waals surface area contributed by atoms with Crippen LogP contribution in [-0.4, -0.2) is 37.6 Å². The van der Waals surface area contributed by atoms with Crippen LogP contribution >= 0.6 is 23.7 Å². The second-order valence-electron chi connectivity index (χ2n) is 7.55. The highest BCUT2D eigenvalue weighted by Gasteiger charge is 2.54. The minimum Gasteiger partial charge on any atom is -0.372 e. The van der Waals surface area contributed by atoms with Crippen LogP contribution in [0.1, 0.15) is 47.3 Å². The summed E-state index contributed by atoms with van der Waals surface area (Å²) in [5.74, 6) is 1.65. The maximum atomic E-state index is 11.5. The van der Waals surface area contributed by atoms with Gasteiger partial charge in [0.1, 0.15) is 5.60 Å². The first kappa shape index (κ1) is 18.2.